The molecule has 0 spiro atoms. The second kappa shape index (κ2) is 5.76. The number of hydrogen-bond acceptors (Lipinski definition) is 4. The molecule has 9 heteroatoms. The van der Waals surface area contributed by atoms with Crippen molar-refractivity contribution in [3.8, 4) is 0 Å². The molecule has 1 amide bonds. The topological polar surface area (TPSA) is 89.5 Å². The fraction of sp³-hybridized carbons (Fsp3) is 0.364. The zero-order valence-electron chi connectivity index (χ0n) is 10.5. The Balaban J connectivity index is 3.20. The SMILES string of the molecule is CCN(CC(F)(F)F)C(=O)c1cccc(N)c1[N+](=O)[O-]. The van der Waals surface area contributed by atoms with Crippen LogP contribution in [0.15, 0.2) is 18.2 Å². The first kappa shape index (κ1) is 15.7. The van der Waals surface area contributed by atoms with Gasteiger partial charge in [-0.25, -0.2) is 0 Å². The van der Waals surface area contributed by atoms with Crippen molar-refractivity contribution in [2.75, 3.05) is 18.8 Å². The number of nitro groups is 1. The lowest BCUT2D eigenvalue weighted by Crippen LogP contribution is -2.39. The third-order valence-electron chi connectivity index (χ3n) is 2.52. The molecule has 1 aromatic carbocycles. The summed E-state index contributed by atoms with van der Waals surface area (Å²) in [6, 6.07) is 3.56. The standard InChI is InChI=1S/C11H12F3N3O3/c1-2-16(6-11(12,13)14)10(18)7-4-3-5-8(15)9(7)17(19)20/h3-5H,2,6,15H2,1H3. The fourth-order valence-corrected chi connectivity index (χ4v) is 1.65. The molecule has 0 radical (unpaired) electrons. The molecule has 0 saturated carbocycles. The van der Waals surface area contributed by atoms with Crippen LogP contribution in [-0.2, 0) is 0 Å². The predicted octanol–water partition coefficient (Wildman–Crippen LogP) is 2.20. The number of carbonyl (C=O) groups excluding carboxylic acids is 1. The minimum atomic E-state index is -4.58. The van der Waals surface area contributed by atoms with Crippen molar-refractivity contribution < 1.29 is 22.9 Å². The number of alkyl halides is 3. The van der Waals surface area contributed by atoms with Crippen molar-refractivity contribution in [3.63, 3.8) is 0 Å². The number of hydrogen-bond donors (Lipinski definition) is 1. The van der Waals surface area contributed by atoms with Gasteiger partial charge in [-0.15, -0.1) is 0 Å². The van der Waals surface area contributed by atoms with Crippen molar-refractivity contribution in [2.24, 2.45) is 0 Å². The molecule has 2 N–H and O–H groups in total. The lowest BCUT2D eigenvalue weighted by Gasteiger charge is -2.22. The molecular weight excluding hydrogens is 279 g/mol. The first-order valence-corrected chi connectivity index (χ1v) is 5.56. The van der Waals surface area contributed by atoms with Gasteiger partial charge in [0.2, 0.25) is 0 Å². The van der Waals surface area contributed by atoms with E-state index in [9.17, 15) is 28.1 Å². The lowest BCUT2D eigenvalue weighted by molar-refractivity contribution is -0.384. The maximum Gasteiger partial charge on any atom is 0.406 e. The van der Waals surface area contributed by atoms with Crippen LogP contribution < -0.4 is 5.73 Å². The van der Waals surface area contributed by atoms with E-state index in [0.717, 1.165) is 6.07 Å². The number of carbonyl (C=O) groups is 1. The molecule has 0 aliphatic rings. The van der Waals surface area contributed by atoms with E-state index in [1.807, 2.05) is 0 Å². The molecule has 0 aliphatic carbocycles. The Morgan fingerprint density at radius 3 is 2.50 bits per heavy atom. The predicted molar refractivity (Wildman–Crippen MR) is 65.1 cm³/mol. The third-order valence-corrected chi connectivity index (χ3v) is 2.52. The fourth-order valence-electron chi connectivity index (χ4n) is 1.65. The number of nitrogen functional groups attached to an aromatic ring is 1. The zero-order chi connectivity index (χ0) is 15.5. The molecule has 0 saturated heterocycles. The van der Waals surface area contributed by atoms with E-state index in [1.165, 1.54) is 19.1 Å². The molecule has 1 aromatic rings. The van der Waals surface area contributed by atoms with Gasteiger partial charge in [0.25, 0.3) is 5.91 Å². The largest absolute Gasteiger partial charge is 0.406 e. The first-order valence-electron chi connectivity index (χ1n) is 5.56. The van der Waals surface area contributed by atoms with Crippen LogP contribution in [0.4, 0.5) is 24.5 Å². The smallest absolute Gasteiger partial charge is 0.393 e. The highest BCUT2D eigenvalue weighted by molar-refractivity contribution is 6.00. The summed E-state index contributed by atoms with van der Waals surface area (Å²) in [5.74, 6) is -1.08. The van der Waals surface area contributed by atoms with Crippen molar-refractivity contribution >= 4 is 17.3 Å². The van der Waals surface area contributed by atoms with Crippen LogP contribution in [0.5, 0.6) is 0 Å². The van der Waals surface area contributed by atoms with Crippen LogP contribution in [0.1, 0.15) is 17.3 Å². The Morgan fingerprint density at radius 2 is 2.05 bits per heavy atom. The van der Waals surface area contributed by atoms with Gasteiger partial charge in [-0.2, -0.15) is 13.2 Å². The summed E-state index contributed by atoms with van der Waals surface area (Å²) in [6.45, 7) is -0.361. The lowest BCUT2D eigenvalue weighted by atomic mass is 10.1. The van der Waals surface area contributed by atoms with Gasteiger partial charge < -0.3 is 10.6 Å². The number of halogens is 3. The second-order valence-electron chi connectivity index (χ2n) is 3.94. The number of para-hydroxylation sites is 1. The normalized spacial score (nSPS) is 11.2. The molecule has 0 bridgehead atoms. The summed E-state index contributed by atoms with van der Waals surface area (Å²) in [5.41, 5.74) is 3.98. The van der Waals surface area contributed by atoms with Crippen molar-refractivity contribution in [2.45, 2.75) is 13.1 Å². The molecule has 0 heterocycles. The van der Waals surface area contributed by atoms with E-state index in [4.69, 9.17) is 5.73 Å². The van der Waals surface area contributed by atoms with Crippen LogP contribution >= 0.6 is 0 Å². The number of nitro benzene ring substituents is 1. The molecule has 6 nitrogen and oxygen atoms in total. The Labute approximate surface area is 112 Å². The molecule has 0 atom stereocenters. The van der Waals surface area contributed by atoms with Crippen molar-refractivity contribution in [3.05, 3.63) is 33.9 Å². The average Bonchev–Trinajstić information content (AvgIpc) is 2.33. The quantitative estimate of drug-likeness (QED) is 0.523. The average molecular weight is 291 g/mol. The molecule has 0 fully saturated rings. The highest BCUT2D eigenvalue weighted by Gasteiger charge is 2.35. The zero-order valence-corrected chi connectivity index (χ0v) is 10.5. The summed E-state index contributed by atoms with van der Waals surface area (Å²) < 4.78 is 37.1. The minimum Gasteiger partial charge on any atom is -0.393 e. The summed E-state index contributed by atoms with van der Waals surface area (Å²) >= 11 is 0. The van der Waals surface area contributed by atoms with Gasteiger partial charge >= 0.3 is 11.9 Å². The van der Waals surface area contributed by atoms with E-state index in [1.54, 1.807) is 0 Å². The highest BCUT2D eigenvalue weighted by Crippen LogP contribution is 2.28. The molecule has 0 unspecified atom stereocenters. The van der Waals surface area contributed by atoms with Crippen LogP contribution in [0.2, 0.25) is 0 Å². The second-order valence-corrected chi connectivity index (χ2v) is 3.94. The number of benzene rings is 1. The Kier molecular flexibility index (Phi) is 4.53. The van der Waals surface area contributed by atoms with Gasteiger partial charge in [-0.3, -0.25) is 14.9 Å². The molecule has 110 valence electrons. The van der Waals surface area contributed by atoms with Crippen LogP contribution in [0.25, 0.3) is 0 Å². The van der Waals surface area contributed by atoms with Crippen molar-refractivity contribution in [1.82, 2.24) is 4.90 Å². The monoisotopic (exact) mass is 291 g/mol. The number of amides is 1. The summed E-state index contributed by atoms with van der Waals surface area (Å²) in [7, 11) is 0. The Hall–Kier alpha value is -2.32. The van der Waals surface area contributed by atoms with Gasteiger partial charge in [0, 0.05) is 6.54 Å². The third kappa shape index (κ3) is 3.59. The van der Waals surface area contributed by atoms with E-state index < -0.39 is 34.8 Å². The molecule has 1 rings (SSSR count). The Bertz CT molecular complexity index is 531. The van der Waals surface area contributed by atoms with E-state index >= 15 is 0 Å². The van der Waals surface area contributed by atoms with Gasteiger partial charge in [-0.05, 0) is 19.1 Å². The first-order chi connectivity index (χ1) is 9.17. The van der Waals surface area contributed by atoms with E-state index in [-0.39, 0.29) is 12.2 Å². The Morgan fingerprint density at radius 1 is 1.45 bits per heavy atom. The maximum atomic E-state index is 12.4. The number of anilines is 1. The summed E-state index contributed by atoms with van der Waals surface area (Å²) in [6.07, 6.45) is -4.58. The van der Waals surface area contributed by atoms with Gasteiger partial charge in [-0.1, -0.05) is 6.07 Å². The van der Waals surface area contributed by atoms with E-state index in [0.29, 0.717) is 4.90 Å². The number of rotatable bonds is 4. The molecule has 0 aromatic heterocycles. The van der Waals surface area contributed by atoms with Gasteiger partial charge in [0.1, 0.15) is 17.8 Å². The molecule has 20 heavy (non-hydrogen) atoms. The highest BCUT2D eigenvalue weighted by atomic mass is 19.4. The van der Waals surface area contributed by atoms with E-state index in [2.05, 4.69) is 0 Å². The maximum absolute atomic E-state index is 12.4. The van der Waals surface area contributed by atoms with Crippen LogP contribution in [-0.4, -0.2) is 35.0 Å². The van der Waals surface area contributed by atoms with Crippen molar-refractivity contribution in [1.29, 1.82) is 0 Å². The summed E-state index contributed by atoms with van der Waals surface area (Å²) in [5, 5.41) is 10.9. The van der Waals surface area contributed by atoms with Crippen LogP contribution in [0.3, 0.4) is 0 Å². The van der Waals surface area contributed by atoms with Gasteiger partial charge in [0.05, 0.1) is 4.92 Å². The molecular formula is C11H12F3N3O3. The number of nitrogens with zero attached hydrogens (tertiary/aromatic N) is 2. The van der Waals surface area contributed by atoms with Gasteiger partial charge in [0.15, 0.2) is 0 Å². The number of nitrogens with two attached hydrogens (primary N) is 1. The van der Waals surface area contributed by atoms with Crippen LogP contribution in [0, 0.1) is 10.1 Å². The minimum absolute atomic E-state index is 0.232. The molecule has 0 aliphatic heterocycles. The summed E-state index contributed by atoms with van der Waals surface area (Å²) in [4.78, 5) is 22.5.